The van der Waals surface area contributed by atoms with Crippen LogP contribution < -0.4 is 5.32 Å². The third-order valence-electron chi connectivity index (χ3n) is 6.03. The summed E-state index contributed by atoms with van der Waals surface area (Å²) in [6, 6.07) is 18.1. The standard InChI is InChI=1S/C26H34N2O2/c1-3-24(26(30)27-23-11-7-8-12-23)28(19-22-9-5-4-6-10-22)25(29)18-17-21-15-13-20(2)14-16-21/h4-6,9-10,13-16,23-24H,3,7-8,11-12,17-19H2,1-2H3,(H,27,30). The average molecular weight is 407 g/mol. The third-order valence-corrected chi connectivity index (χ3v) is 6.03. The molecular formula is C26H34N2O2. The molecule has 0 heterocycles. The monoisotopic (exact) mass is 406 g/mol. The lowest BCUT2D eigenvalue weighted by atomic mass is 10.0. The molecule has 3 rings (SSSR count). The van der Waals surface area contributed by atoms with Crippen LogP contribution in [0.5, 0.6) is 0 Å². The minimum Gasteiger partial charge on any atom is -0.352 e. The highest BCUT2D eigenvalue weighted by molar-refractivity contribution is 5.88. The molecule has 0 bridgehead atoms. The van der Waals surface area contributed by atoms with E-state index in [1.165, 1.54) is 18.4 Å². The number of carbonyl (C=O) groups excluding carboxylic acids is 2. The molecule has 2 aromatic carbocycles. The van der Waals surface area contributed by atoms with Crippen LogP contribution in [0, 0.1) is 6.92 Å². The molecule has 1 fully saturated rings. The number of rotatable bonds is 9. The van der Waals surface area contributed by atoms with E-state index in [0.717, 1.165) is 24.0 Å². The molecule has 4 heteroatoms. The summed E-state index contributed by atoms with van der Waals surface area (Å²) in [6.45, 7) is 4.51. The first kappa shape index (κ1) is 22.1. The molecule has 1 saturated carbocycles. The van der Waals surface area contributed by atoms with Gasteiger partial charge in [0.05, 0.1) is 0 Å². The fourth-order valence-electron chi connectivity index (χ4n) is 4.22. The number of aryl methyl sites for hydroxylation is 2. The van der Waals surface area contributed by atoms with Crippen LogP contribution in [0.3, 0.4) is 0 Å². The average Bonchev–Trinajstić information content (AvgIpc) is 3.26. The van der Waals surface area contributed by atoms with Crippen LogP contribution in [-0.4, -0.2) is 28.8 Å². The van der Waals surface area contributed by atoms with Gasteiger partial charge in [-0.15, -0.1) is 0 Å². The fourth-order valence-corrected chi connectivity index (χ4v) is 4.22. The Hall–Kier alpha value is -2.62. The van der Waals surface area contributed by atoms with Gasteiger partial charge >= 0.3 is 0 Å². The van der Waals surface area contributed by atoms with Crippen molar-refractivity contribution in [2.45, 2.75) is 77.4 Å². The van der Waals surface area contributed by atoms with Gasteiger partial charge in [-0.2, -0.15) is 0 Å². The first-order valence-electron chi connectivity index (χ1n) is 11.3. The lowest BCUT2D eigenvalue weighted by Gasteiger charge is -2.31. The second kappa shape index (κ2) is 11.0. The number of benzene rings is 2. The van der Waals surface area contributed by atoms with E-state index in [2.05, 4.69) is 36.5 Å². The van der Waals surface area contributed by atoms with Gasteiger partial charge in [-0.25, -0.2) is 0 Å². The molecule has 1 atom stereocenters. The zero-order valence-electron chi connectivity index (χ0n) is 18.3. The summed E-state index contributed by atoms with van der Waals surface area (Å²) >= 11 is 0. The van der Waals surface area contributed by atoms with Crippen molar-refractivity contribution >= 4 is 11.8 Å². The summed E-state index contributed by atoms with van der Waals surface area (Å²) in [4.78, 5) is 28.1. The van der Waals surface area contributed by atoms with Crippen molar-refractivity contribution in [3.05, 3.63) is 71.3 Å². The first-order chi connectivity index (χ1) is 14.6. The van der Waals surface area contributed by atoms with Crippen LogP contribution >= 0.6 is 0 Å². The van der Waals surface area contributed by atoms with Crippen molar-refractivity contribution in [3.8, 4) is 0 Å². The van der Waals surface area contributed by atoms with E-state index < -0.39 is 6.04 Å². The molecule has 2 aromatic rings. The predicted octanol–water partition coefficient (Wildman–Crippen LogP) is 4.79. The summed E-state index contributed by atoms with van der Waals surface area (Å²) in [5, 5.41) is 3.20. The Kier molecular flexibility index (Phi) is 8.06. The smallest absolute Gasteiger partial charge is 0.243 e. The van der Waals surface area contributed by atoms with Crippen LogP contribution in [0.2, 0.25) is 0 Å². The highest BCUT2D eigenvalue weighted by atomic mass is 16.2. The van der Waals surface area contributed by atoms with Crippen LogP contribution in [0.4, 0.5) is 0 Å². The van der Waals surface area contributed by atoms with Gasteiger partial charge in [-0.1, -0.05) is 79.9 Å². The van der Waals surface area contributed by atoms with Crippen LogP contribution in [-0.2, 0) is 22.6 Å². The first-order valence-corrected chi connectivity index (χ1v) is 11.3. The van der Waals surface area contributed by atoms with Gasteiger partial charge in [0.25, 0.3) is 0 Å². The minimum atomic E-state index is -0.434. The molecule has 1 unspecified atom stereocenters. The topological polar surface area (TPSA) is 49.4 Å². The van der Waals surface area contributed by atoms with Crippen molar-refractivity contribution in [3.63, 3.8) is 0 Å². The highest BCUT2D eigenvalue weighted by Gasteiger charge is 2.30. The maximum absolute atomic E-state index is 13.3. The van der Waals surface area contributed by atoms with Gasteiger partial charge < -0.3 is 10.2 Å². The van der Waals surface area contributed by atoms with Gasteiger partial charge in [0.15, 0.2) is 0 Å². The summed E-state index contributed by atoms with van der Waals surface area (Å²) in [5.41, 5.74) is 3.41. The van der Waals surface area contributed by atoms with E-state index in [1.54, 1.807) is 4.90 Å². The van der Waals surface area contributed by atoms with Gasteiger partial charge in [-0.3, -0.25) is 9.59 Å². The van der Waals surface area contributed by atoms with E-state index in [1.807, 2.05) is 37.3 Å². The van der Waals surface area contributed by atoms with Crippen molar-refractivity contribution in [2.75, 3.05) is 0 Å². The molecule has 2 amide bonds. The normalized spacial score (nSPS) is 15.0. The van der Waals surface area contributed by atoms with Gasteiger partial charge in [0, 0.05) is 19.0 Å². The van der Waals surface area contributed by atoms with Crippen LogP contribution in [0.1, 0.15) is 62.1 Å². The third kappa shape index (κ3) is 6.19. The number of hydrogen-bond donors (Lipinski definition) is 1. The van der Waals surface area contributed by atoms with E-state index in [0.29, 0.717) is 25.8 Å². The molecule has 0 saturated heterocycles. The predicted molar refractivity (Wildman–Crippen MR) is 121 cm³/mol. The zero-order chi connectivity index (χ0) is 21.3. The lowest BCUT2D eigenvalue weighted by molar-refractivity contribution is -0.141. The number of nitrogens with zero attached hydrogens (tertiary/aromatic N) is 1. The molecule has 0 radical (unpaired) electrons. The summed E-state index contributed by atoms with van der Waals surface area (Å²) in [6.07, 6.45) is 6.14. The lowest BCUT2D eigenvalue weighted by Crippen LogP contribution is -2.51. The van der Waals surface area contributed by atoms with E-state index in [4.69, 9.17) is 0 Å². The molecule has 0 aromatic heterocycles. The molecule has 30 heavy (non-hydrogen) atoms. The Balaban J connectivity index is 1.72. The van der Waals surface area contributed by atoms with Gasteiger partial charge in [0.1, 0.15) is 6.04 Å². The SMILES string of the molecule is CCC(C(=O)NC1CCCC1)N(Cc1ccccc1)C(=O)CCc1ccc(C)cc1. The fraction of sp³-hybridized carbons (Fsp3) is 0.462. The van der Waals surface area contributed by atoms with Crippen LogP contribution in [0.25, 0.3) is 0 Å². The molecule has 160 valence electrons. The van der Waals surface area contributed by atoms with E-state index in [-0.39, 0.29) is 17.9 Å². The molecule has 0 aliphatic heterocycles. The largest absolute Gasteiger partial charge is 0.352 e. The minimum absolute atomic E-state index is 0.0102. The van der Waals surface area contributed by atoms with E-state index in [9.17, 15) is 9.59 Å². The molecule has 1 N–H and O–H groups in total. The van der Waals surface area contributed by atoms with Crippen molar-refractivity contribution in [1.29, 1.82) is 0 Å². The molecule has 1 aliphatic carbocycles. The number of carbonyl (C=O) groups is 2. The second-order valence-corrected chi connectivity index (χ2v) is 8.41. The summed E-state index contributed by atoms with van der Waals surface area (Å²) in [7, 11) is 0. The molecule has 0 spiro atoms. The van der Waals surface area contributed by atoms with Crippen molar-refractivity contribution < 1.29 is 9.59 Å². The van der Waals surface area contributed by atoms with E-state index >= 15 is 0 Å². The second-order valence-electron chi connectivity index (χ2n) is 8.41. The molecule has 4 nitrogen and oxygen atoms in total. The number of amides is 2. The Morgan fingerprint density at radius 1 is 1.00 bits per heavy atom. The van der Waals surface area contributed by atoms with Gasteiger partial charge in [-0.05, 0) is 43.7 Å². The Bertz CT molecular complexity index is 811. The molecule has 1 aliphatic rings. The number of hydrogen-bond acceptors (Lipinski definition) is 2. The Morgan fingerprint density at radius 3 is 2.30 bits per heavy atom. The summed E-state index contributed by atoms with van der Waals surface area (Å²) < 4.78 is 0. The summed E-state index contributed by atoms with van der Waals surface area (Å²) in [5.74, 6) is 0.0249. The Morgan fingerprint density at radius 2 is 1.67 bits per heavy atom. The maximum atomic E-state index is 13.3. The van der Waals surface area contributed by atoms with Crippen molar-refractivity contribution in [1.82, 2.24) is 10.2 Å². The highest BCUT2D eigenvalue weighted by Crippen LogP contribution is 2.20. The Labute approximate surface area is 180 Å². The van der Waals surface area contributed by atoms with Crippen LogP contribution in [0.15, 0.2) is 54.6 Å². The zero-order valence-corrected chi connectivity index (χ0v) is 18.3. The maximum Gasteiger partial charge on any atom is 0.243 e. The number of nitrogens with one attached hydrogen (secondary N) is 1. The van der Waals surface area contributed by atoms with Gasteiger partial charge in [0.2, 0.25) is 11.8 Å². The van der Waals surface area contributed by atoms with Crippen molar-refractivity contribution in [2.24, 2.45) is 0 Å². The molecular weight excluding hydrogens is 372 g/mol. The quantitative estimate of drug-likeness (QED) is 0.651.